The van der Waals surface area contributed by atoms with E-state index in [4.69, 9.17) is 4.99 Å². The van der Waals surface area contributed by atoms with Crippen LogP contribution in [-0.4, -0.2) is 37.0 Å². The SMILES string of the molecule is Fc1ccc(N2CCN(C3=Nc4ccc(F)cc4CN3c3cccc(C(F)(F)F)c3)CC2)cc1. The Hall–Kier alpha value is -3.62. The van der Waals surface area contributed by atoms with E-state index in [-0.39, 0.29) is 12.4 Å². The number of guanidine groups is 1. The van der Waals surface area contributed by atoms with Gasteiger partial charge in [-0.1, -0.05) is 6.07 Å². The summed E-state index contributed by atoms with van der Waals surface area (Å²) in [5, 5.41) is 0. The van der Waals surface area contributed by atoms with Gasteiger partial charge in [-0.3, -0.25) is 0 Å². The molecule has 2 heterocycles. The molecule has 4 nitrogen and oxygen atoms in total. The van der Waals surface area contributed by atoms with Crippen LogP contribution in [0.15, 0.2) is 71.7 Å². The van der Waals surface area contributed by atoms with Gasteiger partial charge in [-0.15, -0.1) is 0 Å². The molecule has 0 aromatic heterocycles. The van der Waals surface area contributed by atoms with Crippen LogP contribution >= 0.6 is 0 Å². The Morgan fingerprint density at radius 1 is 0.706 bits per heavy atom. The summed E-state index contributed by atoms with van der Waals surface area (Å²) in [6.45, 7) is 2.62. The molecule has 0 N–H and O–H groups in total. The number of rotatable bonds is 2. The Morgan fingerprint density at radius 2 is 1.38 bits per heavy atom. The van der Waals surface area contributed by atoms with Gasteiger partial charge in [0.25, 0.3) is 0 Å². The van der Waals surface area contributed by atoms with Gasteiger partial charge in [0, 0.05) is 43.1 Å². The summed E-state index contributed by atoms with van der Waals surface area (Å²) in [6, 6.07) is 15.6. The first-order valence-corrected chi connectivity index (χ1v) is 10.9. The summed E-state index contributed by atoms with van der Waals surface area (Å²) in [5.41, 5.74) is 1.69. The quantitative estimate of drug-likeness (QED) is 0.440. The third-order valence-corrected chi connectivity index (χ3v) is 6.07. The molecule has 0 radical (unpaired) electrons. The van der Waals surface area contributed by atoms with Gasteiger partial charge in [0.1, 0.15) is 11.6 Å². The molecule has 3 aromatic rings. The zero-order valence-corrected chi connectivity index (χ0v) is 18.1. The first-order valence-electron chi connectivity index (χ1n) is 10.9. The predicted molar refractivity (Wildman–Crippen MR) is 121 cm³/mol. The minimum Gasteiger partial charge on any atom is -0.368 e. The van der Waals surface area contributed by atoms with Gasteiger partial charge in [0.05, 0.1) is 17.8 Å². The number of nitrogens with zero attached hydrogens (tertiary/aromatic N) is 4. The molecule has 0 aliphatic carbocycles. The van der Waals surface area contributed by atoms with Gasteiger partial charge in [-0.2, -0.15) is 13.2 Å². The summed E-state index contributed by atoms with van der Waals surface area (Å²) in [6.07, 6.45) is -4.48. The van der Waals surface area contributed by atoms with E-state index in [9.17, 15) is 22.0 Å². The molecular weight excluding hydrogens is 451 g/mol. The minimum atomic E-state index is -4.48. The molecule has 1 saturated heterocycles. The van der Waals surface area contributed by atoms with Crippen LogP contribution in [0.4, 0.5) is 39.0 Å². The summed E-state index contributed by atoms with van der Waals surface area (Å²) >= 11 is 0. The van der Waals surface area contributed by atoms with Crippen molar-refractivity contribution in [2.45, 2.75) is 12.7 Å². The van der Waals surface area contributed by atoms with Crippen molar-refractivity contribution in [1.82, 2.24) is 4.90 Å². The summed E-state index contributed by atoms with van der Waals surface area (Å²) in [4.78, 5) is 10.6. The fourth-order valence-electron chi connectivity index (χ4n) is 4.31. The highest BCUT2D eigenvalue weighted by Gasteiger charge is 2.33. The highest BCUT2D eigenvalue weighted by Crippen LogP contribution is 2.35. The Morgan fingerprint density at radius 3 is 2.09 bits per heavy atom. The normalized spacial score (nSPS) is 16.4. The average molecular weight is 472 g/mol. The number of benzene rings is 3. The zero-order valence-electron chi connectivity index (χ0n) is 18.1. The maximum atomic E-state index is 13.9. The van der Waals surface area contributed by atoms with Crippen LogP contribution in [0.5, 0.6) is 0 Å². The molecule has 3 aromatic carbocycles. The molecular formula is C25H21F5N4. The standard InChI is InChI=1S/C25H21F5N4/c26-19-4-7-21(8-5-19)32-10-12-33(13-11-32)24-31-23-9-6-20(27)14-17(23)16-34(24)22-3-1-2-18(15-22)25(28,29)30/h1-9,14-15H,10-13,16H2. The zero-order chi connectivity index (χ0) is 23.9. The van der Waals surface area contributed by atoms with Crippen LogP contribution in [0.2, 0.25) is 0 Å². The summed E-state index contributed by atoms with van der Waals surface area (Å²) < 4.78 is 67.3. The molecule has 34 heavy (non-hydrogen) atoms. The van der Waals surface area contributed by atoms with Gasteiger partial charge in [-0.25, -0.2) is 13.8 Å². The molecule has 0 spiro atoms. The summed E-state index contributed by atoms with van der Waals surface area (Å²) in [7, 11) is 0. The second-order valence-corrected chi connectivity index (χ2v) is 8.27. The average Bonchev–Trinajstić information content (AvgIpc) is 2.83. The molecule has 1 fully saturated rings. The van der Waals surface area contributed by atoms with Gasteiger partial charge >= 0.3 is 6.18 Å². The molecule has 5 rings (SSSR count). The topological polar surface area (TPSA) is 22.1 Å². The van der Waals surface area contributed by atoms with Crippen molar-refractivity contribution >= 4 is 23.0 Å². The van der Waals surface area contributed by atoms with Gasteiger partial charge in [0.2, 0.25) is 5.96 Å². The third kappa shape index (κ3) is 4.42. The van der Waals surface area contributed by atoms with Gasteiger partial charge in [-0.05, 0) is 60.7 Å². The largest absolute Gasteiger partial charge is 0.416 e. The number of hydrogen-bond acceptors (Lipinski definition) is 4. The molecule has 0 atom stereocenters. The predicted octanol–water partition coefficient (Wildman–Crippen LogP) is 5.81. The van der Waals surface area contributed by atoms with E-state index in [1.165, 1.54) is 30.3 Å². The Kier molecular flexibility index (Phi) is 5.63. The number of piperazine rings is 1. The van der Waals surface area contributed by atoms with Crippen molar-refractivity contribution in [1.29, 1.82) is 0 Å². The lowest BCUT2D eigenvalue weighted by atomic mass is 10.1. The first-order chi connectivity index (χ1) is 16.3. The molecule has 176 valence electrons. The monoisotopic (exact) mass is 472 g/mol. The van der Waals surface area contributed by atoms with E-state index >= 15 is 0 Å². The highest BCUT2D eigenvalue weighted by molar-refractivity contribution is 5.99. The van der Waals surface area contributed by atoms with E-state index in [1.54, 1.807) is 29.2 Å². The van der Waals surface area contributed by atoms with Crippen LogP contribution in [0, 0.1) is 11.6 Å². The van der Waals surface area contributed by atoms with Crippen molar-refractivity contribution in [2.75, 3.05) is 36.0 Å². The van der Waals surface area contributed by atoms with E-state index < -0.39 is 17.6 Å². The van der Waals surface area contributed by atoms with E-state index in [0.29, 0.717) is 49.1 Å². The van der Waals surface area contributed by atoms with Crippen molar-refractivity contribution in [3.05, 3.63) is 89.5 Å². The number of aliphatic imine (C=N–C) groups is 1. The number of fused-ring (bicyclic) bond motifs is 1. The smallest absolute Gasteiger partial charge is 0.368 e. The first kappa shape index (κ1) is 22.2. The molecule has 2 aliphatic rings. The Balaban J connectivity index is 1.45. The van der Waals surface area contributed by atoms with Crippen molar-refractivity contribution in [3.63, 3.8) is 0 Å². The fraction of sp³-hybridized carbons (Fsp3) is 0.240. The minimum absolute atomic E-state index is 0.200. The molecule has 0 amide bonds. The number of halogens is 5. The maximum absolute atomic E-state index is 13.9. The number of alkyl halides is 3. The molecule has 2 aliphatic heterocycles. The van der Waals surface area contributed by atoms with Crippen LogP contribution in [0.3, 0.4) is 0 Å². The van der Waals surface area contributed by atoms with Crippen LogP contribution in [0.25, 0.3) is 0 Å². The van der Waals surface area contributed by atoms with E-state index in [0.717, 1.165) is 17.8 Å². The lowest BCUT2D eigenvalue weighted by Gasteiger charge is -2.42. The molecule has 0 bridgehead atoms. The Bertz CT molecular complexity index is 1210. The highest BCUT2D eigenvalue weighted by atomic mass is 19.4. The molecule has 0 saturated carbocycles. The van der Waals surface area contributed by atoms with Crippen molar-refractivity contribution in [2.24, 2.45) is 4.99 Å². The lowest BCUT2D eigenvalue weighted by Crippen LogP contribution is -2.54. The number of anilines is 2. The molecule has 0 unspecified atom stereocenters. The fourth-order valence-corrected chi connectivity index (χ4v) is 4.31. The van der Waals surface area contributed by atoms with Gasteiger partial charge in [0.15, 0.2) is 0 Å². The van der Waals surface area contributed by atoms with E-state index in [1.807, 2.05) is 4.90 Å². The van der Waals surface area contributed by atoms with E-state index in [2.05, 4.69) is 4.90 Å². The van der Waals surface area contributed by atoms with Crippen molar-refractivity contribution in [3.8, 4) is 0 Å². The maximum Gasteiger partial charge on any atom is 0.416 e. The molecule has 9 heteroatoms. The van der Waals surface area contributed by atoms with Crippen molar-refractivity contribution < 1.29 is 22.0 Å². The number of hydrogen-bond donors (Lipinski definition) is 0. The van der Waals surface area contributed by atoms with Crippen LogP contribution in [0.1, 0.15) is 11.1 Å². The van der Waals surface area contributed by atoms with Crippen LogP contribution in [-0.2, 0) is 12.7 Å². The third-order valence-electron chi connectivity index (χ3n) is 6.07. The second kappa shape index (κ2) is 8.62. The van der Waals surface area contributed by atoms with Gasteiger partial charge < -0.3 is 14.7 Å². The Labute approximate surface area is 193 Å². The van der Waals surface area contributed by atoms with Crippen LogP contribution < -0.4 is 9.80 Å². The second-order valence-electron chi connectivity index (χ2n) is 8.27. The summed E-state index contributed by atoms with van der Waals surface area (Å²) in [5.74, 6) is -0.197. The lowest BCUT2D eigenvalue weighted by molar-refractivity contribution is -0.137.